The molecule has 0 aliphatic rings. The van der Waals surface area contributed by atoms with E-state index in [9.17, 15) is 9.59 Å². The van der Waals surface area contributed by atoms with Crippen LogP contribution in [0.15, 0.2) is 6.20 Å². The highest BCUT2D eigenvalue weighted by atomic mass is 16.5. The molecule has 1 aromatic heterocycles. The van der Waals surface area contributed by atoms with E-state index in [1.54, 1.807) is 17.8 Å². The summed E-state index contributed by atoms with van der Waals surface area (Å²) in [4.78, 5) is 21.7. The number of esters is 2. The second kappa shape index (κ2) is 8.23. The summed E-state index contributed by atoms with van der Waals surface area (Å²) in [5.74, 6) is -0.513. The first-order valence-electron chi connectivity index (χ1n) is 6.29. The third-order valence-electron chi connectivity index (χ3n) is 2.33. The number of nitrogens with zero attached hydrogens (tertiary/aromatic N) is 3. The second-order valence-corrected chi connectivity index (χ2v) is 4.02. The Morgan fingerprint density at radius 3 is 2.79 bits per heavy atom. The summed E-state index contributed by atoms with van der Waals surface area (Å²) in [6.07, 6.45) is 3.71. The highest BCUT2D eigenvalue weighted by Crippen LogP contribution is 2.02. The van der Waals surface area contributed by atoms with Gasteiger partial charge in [0.2, 0.25) is 0 Å². The van der Waals surface area contributed by atoms with Crippen LogP contribution in [0.25, 0.3) is 0 Å². The molecule has 0 unspecified atom stereocenters. The van der Waals surface area contributed by atoms with Crippen molar-refractivity contribution in [2.24, 2.45) is 0 Å². The van der Waals surface area contributed by atoms with Crippen LogP contribution < -0.4 is 0 Å². The van der Waals surface area contributed by atoms with Crippen LogP contribution >= 0.6 is 0 Å². The van der Waals surface area contributed by atoms with Crippen molar-refractivity contribution in [1.82, 2.24) is 15.0 Å². The molecule has 0 amide bonds. The topological polar surface area (TPSA) is 83.3 Å². The number of hydrogen-bond acceptors (Lipinski definition) is 6. The summed E-state index contributed by atoms with van der Waals surface area (Å²) >= 11 is 0. The molecular weight excluding hydrogens is 250 g/mol. The van der Waals surface area contributed by atoms with E-state index < -0.39 is 0 Å². The van der Waals surface area contributed by atoms with Crippen LogP contribution in [0.3, 0.4) is 0 Å². The van der Waals surface area contributed by atoms with Gasteiger partial charge in [-0.05, 0) is 19.8 Å². The van der Waals surface area contributed by atoms with Crippen molar-refractivity contribution in [1.29, 1.82) is 0 Å². The van der Waals surface area contributed by atoms with Gasteiger partial charge in [-0.25, -0.2) is 0 Å². The zero-order chi connectivity index (χ0) is 14.1. The molecule has 0 aromatic carbocycles. The molecule has 7 heteroatoms. The predicted octanol–water partition coefficient (Wildman–Crippen LogP) is 1.07. The van der Waals surface area contributed by atoms with Gasteiger partial charge in [0.1, 0.15) is 12.3 Å². The zero-order valence-electron chi connectivity index (χ0n) is 11.3. The fourth-order valence-corrected chi connectivity index (χ4v) is 1.47. The largest absolute Gasteiger partial charge is 0.466 e. The molecule has 0 radical (unpaired) electrons. The fraction of sp³-hybridized carbons (Fsp3) is 0.667. The Morgan fingerprint density at radius 2 is 2.11 bits per heavy atom. The number of aryl methyl sites for hydroxylation is 1. The van der Waals surface area contributed by atoms with E-state index in [0.717, 1.165) is 12.8 Å². The lowest BCUT2D eigenvalue weighted by Gasteiger charge is -2.01. The molecular formula is C12H19N3O4. The first-order valence-corrected chi connectivity index (χ1v) is 6.29. The molecule has 0 aliphatic carbocycles. The number of ether oxygens (including phenoxy) is 2. The van der Waals surface area contributed by atoms with Crippen LogP contribution in [0, 0.1) is 0 Å². The standard InChI is InChI=1S/C12H19N3O4/c1-3-18-12(17)6-4-5-7-15-8-11(13-14-15)9-19-10(2)16/h8H,3-7,9H2,1-2H3. The molecule has 0 bridgehead atoms. The highest BCUT2D eigenvalue weighted by Gasteiger charge is 2.04. The summed E-state index contributed by atoms with van der Waals surface area (Å²) in [6.45, 7) is 4.36. The summed E-state index contributed by atoms with van der Waals surface area (Å²) < 4.78 is 11.3. The van der Waals surface area contributed by atoms with Crippen molar-refractivity contribution in [2.45, 2.75) is 46.3 Å². The number of carbonyl (C=O) groups is 2. The van der Waals surface area contributed by atoms with Gasteiger partial charge in [-0.15, -0.1) is 5.10 Å². The monoisotopic (exact) mass is 269 g/mol. The van der Waals surface area contributed by atoms with E-state index in [1.165, 1.54) is 6.92 Å². The van der Waals surface area contributed by atoms with Gasteiger partial charge in [0.15, 0.2) is 0 Å². The highest BCUT2D eigenvalue weighted by molar-refractivity contribution is 5.69. The Kier molecular flexibility index (Phi) is 6.56. The van der Waals surface area contributed by atoms with Crippen LogP contribution in [0.5, 0.6) is 0 Å². The van der Waals surface area contributed by atoms with Gasteiger partial charge in [0, 0.05) is 19.9 Å². The minimum Gasteiger partial charge on any atom is -0.466 e. The number of rotatable bonds is 8. The minimum atomic E-state index is -0.344. The van der Waals surface area contributed by atoms with Gasteiger partial charge in [0.05, 0.1) is 12.8 Å². The van der Waals surface area contributed by atoms with Gasteiger partial charge in [-0.3, -0.25) is 14.3 Å². The molecule has 0 N–H and O–H groups in total. The van der Waals surface area contributed by atoms with Crippen LogP contribution in [-0.4, -0.2) is 33.5 Å². The van der Waals surface area contributed by atoms with E-state index in [1.807, 2.05) is 0 Å². The van der Waals surface area contributed by atoms with E-state index >= 15 is 0 Å². The summed E-state index contributed by atoms with van der Waals surface area (Å²) in [7, 11) is 0. The second-order valence-electron chi connectivity index (χ2n) is 4.02. The van der Waals surface area contributed by atoms with Gasteiger partial charge in [-0.2, -0.15) is 0 Å². The number of unbranched alkanes of at least 4 members (excludes halogenated alkanes) is 1. The molecule has 0 saturated heterocycles. The molecule has 0 atom stereocenters. The molecule has 0 fully saturated rings. The van der Waals surface area contributed by atoms with Crippen LogP contribution in [0.4, 0.5) is 0 Å². The van der Waals surface area contributed by atoms with E-state index in [4.69, 9.17) is 9.47 Å². The van der Waals surface area contributed by atoms with E-state index in [0.29, 0.717) is 25.3 Å². The first kappa shape index (κ1) is 15.1. The number of aromatic nitrogens is 3. The van der Waals surface area contributed by atoms with Gasteiger partial charge < -0.3 is 9.47 Å². The molecule has 0 spiro atoms. The lowest BCUT2D eigenvalue weighted by atomic mass is 10.2. The van der Waals surface area contributed by atoms with Crippen LogP contribution in [0.2, 0.25) is 0 Å². The van der Waals surface area contributed by atoms with Crippen LogP contribution in [-0.2, 0) is 32.2 Å². The third-order valence-corrected chi connectivity index (χ3v) is 2.33. The smallest absolute Gasteiger partial charge is 0.305 e. The van der Waals surface area contributed by atoms with E-state index in [-0.39, 0.29) is 18.5 Å². The Hall–Kier alpha value is -1.92. The molecule has 1 aromatic rings. The molecule has 1 heterocycles. The molecule has 0 aliphatic heterocycles. The molecule has 7 nitrogen and oxygen atoms in total. The average molecular weight is 269 g/mol. The molecule has 1 rings (SSSR count). The molecule has 0 saturated carbocycles. The average Bonchev–Trinajstić information content (AvgIpc) is 2.80. The number of carbonyl (C=O) groups excluding carboxylic acids is 2. The van der Waals surface area contributed by atoms with Crippen molar-refractivity contribution in [3.05, 3.63) is 11.9 Å². The summed E-state index contributed by atoms with van der Waals surface area (Å²) in [5, 5.41) is 7.78. The maximum Gasteiger partial charge on any atom is 0.305 e. The SMILES string of the molecule is CCOC(=O)CCCCn1cc(COC(C)=O)nn1. The Bertz CT molecular complexity index is 417. The normalized spacial score (nSPS) is 10.2. The number of hydrogen-bond donors (Lipinski definition) is 0. The lowest BCUT2D eigenvalue weighted by Crippen LogP contribution is -2.05. The fourth-order valence-electron chi connectivity index (χ4n) is 1.47. The quantitative estimate of drug-likeness (QED) is 0.518. The molecule has 19 heavy (non-hydrogen) atoms. The van der Waals surface area contributed by atoms with Gasteiger partial charge >= 0.3 is 11.9 Å². The third kappa shape index (κ3) is 6.54. The van der Waals surface area contributed by atoms with Crippen molar-refractivity contribution < 1.29 is 19.1 Å². The molecule has 106 valence electrons. The van der Waals surface area contributed by atoms with Crippen molar-refractivity contribution in [3.63, 3.8) is 0 Å². The maximum atomic E-state index is 11.1. The van der Waals surface area contributed by atoms with Crippen LogP contribution in [0.1, 0.15) is 38.8 Å². The Labute approximate surface area is 111 Å². The predicted molar refractivity (Wildman–Crippen MR) is 66.0 cm³/mol. The van der Waals surface area contributed by atoms with Gasteiger partial charge in [0.25, 0.3) is 0 Å². The van der Waals surface area contributed by atoms with Gasteiger partial charge in [-0.1, -0.05) is 5.21 Å². The van der Waals surface area contributed by atoms with E-state index in [2.05, 4.69) is 10.3 Å². The zero-order valence-corrected chi connectivity index (χ0v) is 11.3. The maximum absolute atomic E-state index is 11.1. The summed E-state index contributed by atoms with van der Waals surface area (Å²) in [5.41, 5.74) is 0.612. The Balaban J connectivity index is 2.19. The summed E-state index contributed by atoms with van der Waals surface area (Å²) in [6, 6.07) is 0. The van der Waals surface area contributed by atoms with Crippen molar-refractivity contribution in [2.75, 3.05) is 6.61 Å². The first-order chi connectivity index (χ1) is 9.11. The lowest BCUT2D eigenvalue weighted by molar-refractivity contribution is -0.143. The minimum absolute atomic E-state index is 0.137. The van der Waals surface area contributed by atoms with Crippen molar-refractivity contribution in [3.8, 4) is 0 Å². The van der Waals surface area contributed by atoms with Crippen molar-refractivity contribution >= 4 is 11.9 Å². The Morgan fingerprint density at radius 1 is 1.32 bits per heavy atom.